The van der Waals surface area contributed by atoms with E-state index in [1.165, 1.54) is 11.8 Å². The molecule has 0 saturated carbocycles. The number of thioether (sulfide) groups is 1. The quantitative estimate of drug-likeness (QED) is 0.330. The summed E-state index contributed by atoms with van der Waals surface area (Å²) in [5, 5.41) is 0.532. The molecule has 1 amide bonds. The third kappa shape index (κ3) is 3.37. The maximum absolute atomic E-state index is 11.0. The molecule has 7 nitrogen and oxygen atoms in total. The van der Waals surface area contributed by atoms with Crippen LogP contribution in [0, 0.1) is 0 Å². The lowest BCUT2D eigenvalue weighted by molar-refractivity contribution is 0.100. The van der Waals surface area contributed by atoms with Gasteiger partial charge in [0.15, 0.2) is 5.16 Å². The molecule has 8 heteroatoms. The summed E-state index contributed by atoms with van der Waals surface area (Å²) >= 11 is 1.37. The van der Waals surface area contributed by atoms with Crippen molar-refractivity contribution in [3.8, 4) is 11.6 Å². The molecule has 0 unspecified atom stereocenters. The molecule has 1 heterocycles. The number of hydrazine groups is 1. The fourth-order valence-corrected chi connectivity index (χ4v) is 1.80. The van der Waals surface area contributed by atoms with Gasteiger partial charge in [0.1, 0.15) is 11.6 Å². The zero-order valence-corrected chi connectivity index (χ0v) is 11.5. The number of carbonyl (C=O) groups excluding carboxylic acids is 1. The van der Waals surface area contributed by atoms with Crippen molar-refractivity contribution in [2.75, 3.05) is 11.7 Å². The van der Waals surface area contributed by atoms with E-state index < -0.39 is 5.91 Å². The van der Waals surface area contributed by atoms with Crippen LogP contribution in [0.25, 0.3) is 0 Å². The third-order valence-electron chi connectivity index (χ3n) is 2.37. The predicted octanol–water partition coefficient (Wildman–Crippen LogP) is 1.38. The Morgan fingerprint density at radius 1 is 1.30 bits per heavy atom. The molecular formula is C12H13N5O2S. The minimum absolute atomic E-state index is 0.351. The summed E-state index contributed by atoms with van der Waals surface area (Å²) in [4.78, 5) is 19.3. The Balaban J connectivity index is 2.22. The first kappa shape index (κ1) is 14.1. The highest BCUT2D eigenvalue weighted by molar-refractivity contribution is 7.98. The van der Waals surface area contributed by atoms with Gasteiger partial charge >= 0.3 is 0 Å². The van der Waals surface area contributed by atoms with Crippen LogP contribution >= 0.6 is 11.8 Å². The van der Waals surface area contributed by atoms with Gasteiger partial charge in [0.05, 0.1) is 0 Å². The first-order valence-electron chi connectivity index (χ1n) is 5.60. The maximum Gasteiger partial charge on any atom is 0.248 e. The number of anilines is 1. The van der Waals surface area contributed by atoms with Gasteiger partial charge in [0.25, 0.3) is 0 Å². The van der Waals surface area contributed by atoms with Crippen molar-refractivity contribution < 1.29 is 9.53 Å². The van der Waals surface area contributed by atoms with Crippen LogP contribution in [0.2, 0.25) is 0 Å². The van der Waals surface area contributed by atoms with Crippen LogP contribution in [0.5, 0.6) is 11.6 Å². The number of hydrogen-bond acceptors (Lipinski definition) is 7. The van der Waals surface area contributed by atoms with Crippen molar-refractivity contribution in [2.45, 2.75) is 5.16 Å². The van der Waals surface area contributed by atoms with E-state index in [9.17, 15) is 4.79 Å². The van der Waals surface area contributed by atoms with Crippen molar-refractivity contribution in [2.24, 2.45) is 11.6 Å². The first-order chi connectivity index (χ1) is 9.62. The molecular weight excluding hydrogens is 278 g/mol. The van der Waals surface area contributed by atoms with E-state index in [1.807, 2.05) is 6.26 Å². The Labute approximate surface area is 119 Å². The van der Waals surface area contributed by atoms with Gasteiger partial charge in [-0.15, -0.1) is 0 Å². The molecule has 0 spiro atoms. The summed E-state index contributed by atoms with van der Waals surface area (Å²) in [6, 6.07) is 8.00. The van der Waals surface area contributed by atoms with E-state index in [0.29, 0.717) is 28.2 Å². The molecule has 0 atom stereocenters. The number of hydrogen-bond donors (Lipinski definition) is 3. The van der Waals surface area contributed by atoms with Gasteiger partial charge in [-0.3, -0.25) is 4.79 Å². The summed E-state index contributed by atoms with van der Waals surface area (Å²) in [7, 11) is 0. The number of nitrogen functional groups attached to an aromatic ring is 1. The minimum atomic E-state index is -0.488. The largest absolute Gasteiger partial charge is 0.439 e. The molecule has 0 bridgehead atoms. The lowest BCUT2D eigenvalue weighted by atomic mass is 10.2. The molecule has 0 aliphatic carbocycles. The second-order valence-electron chi connectivity index (χ2n) is 3.71. The lowest BCUT2D eigenvalue weighted by Gasteiger charge is -2.08. The number of carbonyl (C=O) groups is 1. The van der Waals surface area contributed by atoms with Gasteiger partial charge < -0.3 is 15.9 Å². The predicted molar refractivity (Wildman–Crippen MR) is 76.7 cm³/mol. The maximum atomic E-state index is 11.0. The molecule has 104 valence electrons. The van der Waals surface area contributed by atoms with E-state index in [0.717, 1.165) is 0 Å². The number of nitrogens with one attached hydrogen (secondary N) is 1. The van der Waals surface area contributed by atoms with E-state index >= 15 is 0 Å². The third-order valence-corrected chi connectivity index (χ3v) is 2.92. The summed E-state index contributed by atoms with van der Waals surface area (Å²) in [5.41, 5.74) is 8.02. The van der Waals surface area contributed by atoms with Crippen LogP contribution in [0.4, 0.5) is 5.82 Å². The summed E-state index contributed by atoms with van der Waals surface area (Å²) in [6.45, 7) is 0. The number of rotatable bonds is 5. The highest BCUT2D eigenvalue weighted by atomic mass is 32.2. The summed E-state index contributed by atoms with van der Waals surface area (Å²) < 4.78 is 5.59. The van der Waals surface area contributed by atoms with Gasteiger partial charge in [0.2, 0.25) is 11.8 Å². The van der Waals surface area contributed by atoms with Crippen molar-refractivity contribution in [1.82, 2.24) is 9.97 Å². The Bertz CT molecular complexity index is 595. The van der Waals surface area contributed by atoms with Gasteiger partial charge in [-0.25, -0.2) is 10.8 Å². The molecule has 1 aromatic carbocycles. The Morgan fingerprint density at radius 2 is 2.00 bits per heavy atom. The number of primary amides is 1. The molecule has 20 heavy (non-hydrogen) atoms. The standard InChI is InChI=1S/C12H13N5O2S/c1-20-12-15-9(17-14)6-10(16-12)19-8-4-2-7(3-5-8)11(13)18/h2-6H,14H2,1H3,(H2,13,18)(H,15,16,17). The highest BCUT2D eigenvalue weighted by Gasteiger charge is 2.06. The van der Waals surface area contributed by atoms with Crippen LogP contribution in [0.3, 0.4) is 0 Å². The zero-order valence-electron chi connectivity index (χ0n) is 10.7. The molecule has 2 rings (SSSR count). The number of ether oxygens (including phenoxy) is 1. The Morgan fingerprint density at radius 3 is 2.55 bits per heavy atom. The highest BCUT2D eigenvalue weighted by Crippen LogP contribution is 2.24. The smallest absolute Gasteiger partial charge is 0.248 e. The average Bonchev–Trinajstić information content (AvgIpc) is 2.47. The first-order valence-corrected chi connectivity index (χ1v) is 6.82. The topological polar surface area (TPSA) is 116 Å². The van der Waals surface area contributed by atoms with E-state index in [2.05, 4.69) is 15.4 Å². The SMILES string of the molecule is CSc1nc(NN)cc(Oc2ccc(C(N)=O)cc2)n1. The summed E-state index contributed by atoms with van der Waals surface area (Å²) in [6.07, 6.45) is 1.85. The molecule has 0 saturated heterocycles. The fourth-order valence-electron chi connectivity index (χ4n) is 1.43. The number of aromatic nitrogens is 2. The minimum Gasteiger partial charge on any atom is -0.439 e. The molecule has 2 aromatic rings. The monoisotopic (exact) mass is 291 g/mol. The number of nitrogens with zero attached hydrogens (tertiary/aromatic N) is 2. The Kier molecular flexibility index (Phi) is 4.38. The lowest BCUT2D eigenvalue weighted by Crippen LogP contribution is -2.10. The molecule has 0 aliphatic heterocycles. The van der Waals surface area contributed by atoms with Gasteiger partial charge in [-0.2, -0.15) is 4.98 Å². The summed E-state index contributed by atoms with van der Waals surface area (Å²) in [5.74, 6) is 6.18. The van der Waals surface area contributed by atoms with Crippen molar-refractivity contribution in [1.29, 1.82) is 0 Å². The van der Waals surface area contributed by atoms with Gasteiger partial charge in [-0.05, 0) is 30.5 Å². The van der Waals surface area contributed by atoms with Crippen LogP contribution in [0.15, 0.2) is 35.5 Å². The molecule has 5 N–H and O–H groups in total. The van der Waals surface area contributed by atoms with E-state index in [-0.39, 0.29) is 0 Å². The number of benzene rings is 1. The number of amides is 1. The van der Waals surface area contributed by atoms with Gasteiger partial charge in [-0.1, -0.05) is 11.8 Å². The van der Waals surface area contributed by atoms with Crippen LogP contribution in [-0.4, -0.2) is 22.1 Å². The Hall–Kier alpha value is -2.32. The van der Waals surface area contributed by atoms with Crippen molar-refractivity contribution in [3.05, 3.63) is 35.9 Å². The zero-order chi connectivity index (χ0) is 14.5. The molecule has 1 aromatic heterocycles. The second kappa shape index (κ2) is 6.22. The normalized spacial score (nSPS) is 10.1. The van der Waals surface area contributed by atoms with Crippen molar-refractivity contribution in [3.63, 3.8) is 0 Å². The van der Waals surface area contributed by atoms with Crippen LogP contribution in [0.1, 0.15) is 10.4 Å². The van der Waals surface area contributed by atoms with Crippen LogP contribution < -0.4 is 21.7 Å². The van der Waals surface area contributed by atoms with E-state index in [4.69, 9.17) is 16.3 Å². The van der Waals surface area contributed by atoms with Gasteiger partial charge in [0, 0.05) is 11.6 Å². The number of nitrogens with two attached hydrogens (primary N) is 2. The van der Waals surface area contributed by atoms with Crippen molar-refractivity contribution >= 4 is 23.5 Å². The molecule has 0 radical (unpaired) electrons. The van der Waals surface area contributed by atoms with E-state index in [1.54, 1.807) is 30.3 Å². The second-order valence-corrected chi connectivity index (χ2v) is 4.49. The molecule has 0 aliphatic rings. The molecule has 0 fully saturated rings. The average molecular weight is 291 g/mol. The van der Waals surface area contributed by atoms with Crippen LogP contribution in [-0.2, 0) is 0 Å². The fraction of sp³-hybridized carbons (Fsp3) is 0.0833.